The lowest BCUT2D eigenvalue weighted by Gasteiger charge is -2.14. The smallest absolute Gasteiger partial charge is 0.165 e. The highest BCUT2D eigenvalue weighted by atomic mass is 32.1. The van der Waals surface area contributed by atoms with Crippen molar-refractivity contribution < 1.29 is 6.85 Å². The highest BCUT2D eigenvalue weighted by Gasteiger charge is 2.22. The van der Waals surface area contributed by atoms with E-state index < -0.39 is 6.04 Å². The van der Waals surface area contributed by atoms with Crippen LogP contribution in [0.4, 0.5) is 0 Å². The summed E-state index contributed by atoms with van der Waals surface area (Å²) < 4.78 is 50.3. The van der Waals surface area contributed by atoms with Crippen LogP contribution in [0.3, 0.4) is 0 Å². The Bertz CT molecular complexity index is 4150. The van der Waals surface area contributed by atoms with Crippen LogP contribution in [0.1, 0.15) is 6.85 Å². The minimum absolute atomic E-state index is 0.158. The van der Waals surface area contributed by atoms with Crippen LogP contribution in [0.25, 0.3) is 124 Å². The number of rotatable bonds is 6. The van der Waals surface area contributed by atoms with Crippen molar-refractivity contribution in [3.8, 4) is 62.1 Å². The van der Waals surface area contributed by atoms with Crippen LogP contribution in [0.15, 0.2) is 206 Å². The minimum Gasteiger partial charge on any atom is -0.309 e. The lowest BCUT2D eigenvalue weighted by molar-refractivity contribution is 1.07. The van der Waals surface area contributed by atoms with E-state index in [1.807, 2.05) is 60.7 Å². The van der Waals surface area contributed by atoms with Gasteiger partial charge in [0.1, 0.15) is 0 Å². The Balaban J connectivity index is 1.10. The molecule has 0 bridgehead atoms. The van der Waals surface area contributed by atoms with E-state index in [1.165, 1.54) is 20.2 Å². The number of hydrogen-bond donors (Lipinski definition) is 0. The van der Waals surface area contributed by atoms with Gasteiger partial charge in [0.25, 0.3) is 0 Å². The average molecular weight is 844 g/mol. The second-order valence-corrected chi connectivity index (χ2v) is 17.7. The van der Waals surface area contributed by atoms with E-state index in [1.54, 1.807) is 22.7 Å². The fourth-order valence-electron chi connectivity index (χ4n) is 9.14. The molecule has 4 nitrogen and oxygen atoms in total. The van der Waals surface area contributed by atoms with Crippen LogP contribution in [-0.4, -0.2) is 19.5 Å². The van der Waals surface area contributed by atoms with Crippen LogP contribution in [0.2, 0.25) is 0 Å². The lowest BCUT2D eigenvalue weighted by atomic mass is 9.98. The van der Waals surface area contributed by atoms with Gasteiger partial charge in [-0.25, -0.2) is 15.0 Å². The average Bonchev–Trinajstić information content (AvgIpc) is 4.07. The monoisotopic (exact) mass is 843 g/mol. The van der Waals surface area contributed by atoms with Gasteiger partial charge in [-0.2, -0.15) is 0 Å². The van der Waals surface area contributed by atoms with Gasteiger partial charge >= 0.3 is 0 Å². The molecule has 0 fully saturated rings. The predicted molar refractivity (Wildman–Crippen MR) is 267 cm³/mol. The van der Waals surface area contributed by atoms with Crippen molar-refractivity contribution >= 4 is 84.8 Å². The molecule has 0 saturated heterocycles. The first kappa shape index (κ1) is 31.1. The molecule has 6 heteroatoms. The molecule has 0 spiro atoms. The van der Waals surface area contributed by atoms with Crippen molar-refractivity contribution in [3.63, 3.8) is 0 Å². The summed E-state index contributed by atoms with van der Waals surface area (Å²) >= 11 is 3.37. The van der Waals surface area contributed by atoms with E-state index >= 15 is 0 Å². The topological polar surface area (TPSA) is 43.6 Å². The first-order chi connectivity index (χ1) is 33.3. The zero-order chi connectivity index (χ0) is 45.8. The first-order valence-electron chi connectivity index (χ1n) is 23.2. The molecule has 0 N–H and O–H groups in total. The number of aromatic nitrogens is 4. The summed E-state index contributed by atoms with van der Waals surface area (Å²) in [4.78, 5) is 15.9. The van der Waals surface area contributed by atoms with Crippen LogP contribution in [-0.2, 0) is 0 Å². The number of hydrogen-bond acceptors (Lipinski definition) is 5. The highest BCUT2D eigenvalue weighted by molar-refractivity contribution is 7.26. The van der Waals surface area contributed by atoms with Gasteiger partial charge in [-0.1, -0.05) is 164 Å². The molecule has 0 atom stereocenters. The summed E-state index contributed by atoms with van der Waals surface area (Å²) in [5.74, 6) is 1.53. The number of thiophene rings is 2. The molecule has 13 rings (SSSR count). The zero-order valence-electron chi connectivity index (χ0n) is 38.3. The van der Waals surface area contributed by atoms with Gasteiger partial charge in [0, 0.05) is 73.5 Å². The molecular weight excluding hydrogens is 805 g/mol. The molecular formula is C57H34N4S2. The number of para-hydroxylation sites is 2. The van der Waals surface area contributed by atoms with Crippen molar-refractivity contribution in [2.45, 2.75) is 0 Å². The Kier molecular flexibility index (Phi) is 7.13. The van der Waals surface area contributed by atoms with E-state index in [-0.39, 0.29) is 29.7 Å². The van der Waals surface area contributed by atoms with Crippen molar-refractivity contribution in [3.05, 3.63) is 206 Å². The molecule has 0 aliphatic carbocycles. The van der Waals surface area contributed by atoms with Gasteiger partial charge < -0.3 is 4.57 Å². The summed E-state index contributed by atoms with van der Waals surface area (Å²) in [5, 5.41) is 6.34. The van der Waals surface area contributed by atoms with Gasteiger partial charge in [0.05, 0.1) is 17.9 Å². The maximum Gasteiger partial charge on any atom is 0.165 e. The highest BCUT2D eigenvalue weighted by Crippen LogP contribution is 2.46. The maximum atomic E-state index is 9.07. The van der Waals surface area contributed by atoms with Crippen LogP contribution in [0.5, 0.6) is 0 Å². The first-order valence-corrected chi connectivity index (χ1v) is 22.3. The van der Waals surface area contributed by atoms with Crippen molar-refractivity contribution in [2.75, 3.05) is 0 Å². The molecule has 4 aromatic heterocycles. The van der Waals surface area contributed by atoms with E-state index in [0.29, 0.717) is 23.0 Å². The lowest BCUT2D eigenvalue weighted by Crippen LogP contribution is -2.01. The third kappa shape index (κ3) is 5.83. The van der Waals surface area contributed by atoms with Crippen molar-refractivity contribution in [2.24, 2.45) is 0 Å². The Hall–Kier alpha value is -7.77. The summed E-state index contributed by atoms with van der Waals surface area (Å²) in [5.41, 5.74) is 8.29. The predicted octanol–water partition coefficient (Wildman–Crippen LogP) is 16.0. The normalized spacial score (nSPS) is 12.9. The third-order valence-electron chi connectivity index (χ3n) is 11.9. The molecule has 4 heterocycles. The van der Waals surface area contributed by atoms with Gasteiger partial charge in [0.15, 0.2) is 17.5 Å². The molecule has 0 radical (unpaired) electrons. The molecule has 0 amide bonds. The fourth-order valence-corrected chi connectivity index (χ4v) is 11.6. The van der Waals surface area contributed by atoms with Crippen molar-refractivity contribution in [1.29, 1.82) is 0 Å². The molecule has 294 valence electrons. The van der Waals surface area contributed by atoms with Gasteiger partial charge in [0.2, 0.25) is 0 Å². The summed E-state index contributed by atoms with van der Waals surface area (Å²) in [6.07, 6.45) is 0. The Labute approximate surface area is 377 Å². The van der Waals surface area contributed by atoms with E-state index in [4.69, 9.17) is 21.8 Å². The molecule has 9 aromatic carbocycles. The summed E-state index contributed by atoms with van der Waals surface area (Å²) in [6.45, 7) is 0. The summed E-state index contributed by atoms with van der Waals surface area (Å²) in [7, 11) is 0. The SMILES string of the molecule is [2H]c1c([2H])c([2H])c(-c2cccc3sc4c(-c5nc(-c6ccccc6)nc(-c6cccc(-c7cccc8c7sc7ccccc78)c6)n5)cc(-n5c6ccccc6c6ccccc65)cc4c23)c([2H])c1[2H]. The maximum absolute atomic E-state index is 9.07. The molecule has 13 aromatic rings. The van der Waals surface area contributed by atoms with Gasteiger partial charge in [-0.15, -0.1) is 22.7 Å². The van der Waals surface area contributed by atoms with Gasteiger partial charge in [-0.05, 0) is 64.7 Å². The van der Waals surface area contributed by atoms with E-state index in [2.05, 4.69) is 120 Å². The van der Waals surface area contributed by atoms with Crippen LogP contribution >= 0.6 is 22.7 Å². The molecule has 63 heavy (non-hydrogen) atoms. The second kappa shape index (κ2) is 14.4. The zero-order valence-corrected chi connectivity index (χ0v) is 35.0. The Morgan fingerprint density at radius 2 is 0.952 bits per heavy atom. The quantitative estimate of drug-likeness (QED) is 0.167. The van der Waals surface area contributed by atoms with E-state index in [9.17, 15) is 0 Å². The van der Waals surface area contributed by atoms with Crippen LogP contribution in [0, 0.1) is 0 Å². The second-order valence-electron chi connectivity index (χ2n) is 15.6. The van der Waals surface area contributed by atoms with E-state index in [0.717, 1.165) is 75.5 Å². The van der Waals surface area contributed by atoms with Crippen molar-refractivity contribution in [1.82, 2.24) is 19.5 Å². The van der Waals surface area contributed by atoms with Crippen LogP contribution < -0.4 is 0 Å². The van der Waals surface area contributed by atoms with Gasteiger partial charge in [-0.3, -0.25) is 0 Å². The fraction of sp³-hybridized carbons (Fsp3) is 0. The molecule has 0 aliphatic heterocycles. The minimum atomic E-state index is -0.426. The largest absolute Gasteiger partial charge is 0.309 e. The number of benzene rings is 9. The number of nitrogens with zero attached hydrogens (tertiary/aromatic N) is 4. The molecule has 0 saturated carbocycles. The summed E-state index contributed by atoms with van der Waals surface area (Å²) in [6, 6.07) is 58.6. The third-order valence-corrected chi connectivity index (χ3v) is 14.4. The standard InChI is InChI=1S/C57H34N4S2/c1-3-16-35(17-4-1)40-25-15-31-51-52(40)46-33-39(61-48-28-10-7-22-42(48)43-23-8-11-29-49(43)61)34-47(54(46)63-51)57-59-55(36-18-5-2-6-19-36)58-56(60-57)38-21-13-20-37(32-38)41-26-14-27-45-44-24-9-12-30-50(44)62-53(41)45/h1-34H/i1D,3D,4D,16D,17D. The Morgan fingerprint density at radius 1 is 0.381 bits per heavy atom. The molecule has 0 aliphatic rings. The Morgan fingerprint density at radius 3 is 1.76 bits per heavy atom. The molecule has 0 unspecified atom stereocenters. The number of fused-ring (bicyclic) bond motifs is 9.